The highest BCUT2D eigenvalue weighted by Gasteiger charge is 2.24. The third-order valence-electron chi connectivity index (χ3n) is 3.58. The second kappa shape index (κ2) is 5.50. The number of rotatable bonds is 4. The van der Waals surface area contributed by atoms with E-state index in [0.717, 1.165) is 0 Å². The molecule has 0 amide bonds. The van der Waals surface area contributed by atoms with Crippen LogP contribution in [0.4, 0.5) is 0 Å². The van der Waals surface area contributed by atoms with Gasteiger partial charge in [-0.25, -0.2) is 0 Å². The summed E-state index contributed by atoms with van der Waals surface area (Å²) in [5, 5.41) is 0. The highest BCUT2D eigenvalue weighted by atomic mass is 16.1. The molecule has 0 saturated heterocycles. The van der Waals surface area contributed by atoms with Crippen molar-refractivity contribution in [3.63, 3.8) is 0 Å². The summed E-state index contributed by atoms with van der Waals surface area (Å²) in [6.07, 6.45) is 7.26. The molecule has 0 aliphatic heterocycles. The van der Waals surface area contributed by atoms with E-state index in [-0.39, 0.29) is 6.04 Å². The van der Waals surface area contributed by atoms with Gasteiger partial charge in [0.1, 0.15) is 5.78 Å². The summed E-state index contributed by atoms with van der Waals surface area (Å²) >= 11 is 0. The standard InChI is InChI=1S/C12H23NO/c1-4-12(14)10(2)13(3)11-8-6-5-7-9-11/h10-11H,4-9H2,1-3H3. The van der Waals surface area contributed by atoms with Crippen LogP contribution in [0.25, 0.3) is 0 Å². The molecule has 2 nitrogen and oxygen atoms in total. The lowest BCUT2D eigenvalue weighted by Crippen LogP contribution is -2.43. The Kier molecular flexibility index (Phi) is 4.59. The van der Waals surface area contributed by atoms with Crippen molar-refractivity contribution in [3.8, 4) is 0 Å². The summed E-state index contributed by atoms with van der Waals surface area (Å²) in [6, 6.07) is 0.761. The van der Waals surface area contributed by atoms with Gasteiger partial charge in [0.15, 0.2) is 0 Å². The van der Waals surface area contributed by atoms with Crippen molar-refractivity contribution < 1.29 is 4.79 Å². The van der Waals surface area contributed by atoms with Crippen molar-refractivity contribution in [1.82, 2.24) is 4.90 Å². The summed E-state index contributed by atoms with van der Waals surface area (Å²) in [7, 11) is 2.11. The van der Waals surface area contributed by atoms with Crippen molar-refractivity contribution in [1.29, 1.82) is 0 Å². The molecule has 0 spiro atoms. The number of likely N-dealkylation sites (N-methyl/N-ethyl adjacent to an activating group) is 1. The van der Waals surface area contributed by atoms with Crippen LogP contribution in [0.15, 0.2) is 0 Å². The predicted molar refractivity (Wildman–Crippen MR) is 59.4 cm³/mol. The molecule has 0 heterocycles. The van der Waals surface area contributed by atoms with Crippen LogP contribution in [0.5, 0.6) is 0 Å². The lowest BCUT2D eigenvalue weighted by Gasteiger charge is -2.34. The Balaban J connectivity index is 2.45. The molecule has 1 aliphatic rings. The molecule has 0 aromatic carbocycles. The molecule has 1 atom stereocenters. The molecule has 82 valence electrons. The van der Waals surface area contributed by atoms with Crippen LogP contribution in [-0.4, -0.2) is 29.8 Å². The van der Waals surface area contributed by atoms with Crippen LogP contribution in [0.1, 0.15) is 52.4 Å². The van der Waals surface area contributed by atoms with Gasteiger partial charge >= 0.3 is 0 Å². The molecule has 0 bridgehead atoms. The number of Topliss-reactive ketones (excluding diaryl/α,β-unsaturated/α-hetero) is 1. The Morgan fingerprint density at radius 1 is 1.36 bits per heavy atom. The first-order valence-electron chi connectivity index (χ1n) is 5.91. The number of hydrogen-bond acceptors (Lipinski definition) is 2. The van der Waals surface area contributed by atoms with Gasteiger partial charge in [0.05, 0.1) is 6.04 Å². The highest BCUT2D eigenvalue weighted by Crippen LogP contribution is 2.23. The molecule has 1 saturated carbocycles. The molecule has 0 aromatic heterocycles. The molecular formula is C12H23NO. The minimum Gasteiger partial charge on any atom is -0.298 e. The van der Waals surface area contributed by atoms with E-state index in [2.05, 4.69) is 11.9 Å². The monoisotopic (exact) mass is 197 g/mol. The van der Waals surface area contributed by atoms with E-state index in [0.29, 0.717) is 18.2 Å². The maximum absolute atomic E-state index is 11.6. The van der Waals surface area contributed by atoms with Gasteiger partial charge in [-0.3, -0.25) is 9.69 Å². The summed E-state index contributed by atoms with van der Waals surface area (Å²) in [5.74, 6) is 0.373. The maximum atomic E-state index is 11.6. The van der Waals surface area contributed by atoms with Gasteiger partial charge in [-0.05, 0) is 26.8 Å². The maximum Gasteiger partial charge on any atom is 0.149 e. The Labute approximate surface area is 87.7 Å². The van der Waals surface area contributed by atoms with Gasteiger partial charge < -0.3 is 0 Å². The van der Waals surface area contributed by atoms with Crippen molar-refractivity contribution in [2.75, 3.05) is 7.05 Å². The number of carbonyl (C=O) groups excluding carboxylic acids is 1. The minimum absolute atomic E-state index is 0.114. The van der Waals surface area contributed by atoms with Gasteiger partial charge in [-0.15, -0.1) is 0 Å². The van der Waals surface area contributed by atoms with E-state index < -0.39 is 0 Å². The lowest BCUT2D eigenvalue weighted by atomic mass is 9.93. The van der Waals surface area contributed by atoms with Crippen LogP contribution in [0.2, 0.25) is 0 Å². The first-order chi connectivity index (χ1) is 6.66. The van der Waals surface area contributed by atoms with E-state index in [4.69, 9.17) is 0 Å². The Hall–Kier alpha value is -0.370. The number of hydrogen-bond donors (Lipinski definition) is 0. The SMILES string of the molecule is CCC(=O)C(C)N(C)C1CCCCC1. The van der Waals surface area contributed by atoms with Gasteiger partial charge in [-0.1, -0.05) is 26.2 Å². The fourth-order valence-corrected chi connectivity index (χ4v) is 2.33. The zero-order valence-electron chi connectivity index (χ0n) is 9.75. The van der Waals surface area contributed by atoms with Crippen LogP contribution in [-0.2, 0) is 4.79 Å². The van der Waals surface area contributed by atoms with Crippen molar-refractivity contribution in [2.45, 2.75) is 64.5 Å². The predicted octanol–water partition coefficient (Wildman–Crippen LogP) is 2.62. The molecular weight excluding hydrogens is 174 g/mol. The van der Waals surface area contributed by atoms with Crippen molar-refractivity contribution in [3.05, 3.63) is 0 Å². The van der Waals surface area contributed by atoms with E-state index in [1.54, 1.807) is 0 Å². The largest absolute Gasteiger partial charge is 0.298 e. The Bertz CT molecular complexity index is 185. The molecule has 0 radical (unpaired) electrons. The molecule has 0 aromatic rings. The molecule has 1 aliphatic carbocycles. The summed E-state index contributed by atoms with van der Waals surface area (Å²) in [6.45, 7) is 3.99. The quantitative estimate of drug-likeness (QED) is 0.690. The number of carbonyl (C=O) groups is 1. The number of nitrogens with zero attached hydrogens (tertiary/aromatic N) is 1. The lowest BCUT2D eigenvalue weighted by molar-refractivity contribution is -0.123. The van der Waals surface area contributed by atoms with Crippen LogP contribution in [0, 0.1) is 0 Å². The van der Waals surface area contributed by atoms with Crippen LogP contribution >= 0.6 is 0 Å². The van der Waals surface area contributed by atoms with E-state index >= 15 is 0 Å². The topological polar surface area (TPSA) is 20.3 Å². The first-order valence-corrected chi connectivity index (χ1v) is 5.91. The van der Waals surface area contributed by atoms with Crippen molar-refractivity contribution >= 4 is 5.78 Å². The molecule has 1 fully saturated rings. The zero-order valence-corrected chi connectivity index (χ0v) is 9.75. The van der Waals surface area contributed by atoms with Gasteiger partial charge in [0.2, 0.25) is 0 Å². The van der Waals surface area contributed by atoms with E-state index in [1.165, 1.54) is 32.1 Å². The number of ketones is 1. The average Bonchev–Trinajstić information content (AvgIpc) is 2.27. The second-order valence-electron chi connectivity index (χ2n) is 4.45. The molecule has 1 unspecified atom stereocenters. The summed E-state index contributed by atoms with van der Waals surface area (Å²) in [4.78, 5) is 13.8. The minimum atomic E-state index is 0.114. The molecule has 1 rings (SSSR count). The summed E-state index contributed by atoms with van der Waals surface area (Å²) < 4.78 is 0. The van der Waals surface area contributed by atoms with Crippen LogP contribution in [0.3, 0.4) is 0 Å². The third kappa shape index (κ3) is 2.81. The Morgan fingerprint density at radius 2 is 1.93 bits per heavy atom. The fraction of sp³-hybridized carbons (Fsp3) is 0.917. The second-order valence-corrected chi connectivity index (χ2v) is 4.45. The fourth-order valence-electron chi connectivity index (χ4n) is 2.33. The Morgan fingerprint density at radius 3 is 2.43 bits per heavy atom. The smallest absolute Gasteiger partial charge is 0.149 e. The van der Waals surface area contributed by atoms with Gasteiger partial charge in [0.25, 0.3) is 0 Å². The van der Waals surface area contributed by atoms with E-state index in [1.807, 2.05) is 13.8 Å². The summed E-state index contributed by atoms with van der Waals surface area (Å²) in [5.41, 5.74) is 0. The normalized spacial score (nSPS) is 21.1. The average molecular weight is 197 g/mol. The molecule has 0 N–H and O–H groups in total. The van der Waals surface area contributed by atoms with Crippen LogP contribution < -0.4 is 0 Å². The molecule has 14 heavy (non-hydrogen) atoms. The molecule has 2 heteroatoms. The van der Waals surface area contributed by atoms with Gasteiger partial charge in [-0.2, -0.15) is 0 Å². The first kappa shape index (κ1) is 11.7. The van der Waals surface area contributed by atoms with E-state index in [9.17, 15) is 4.79 Å². The zero-order chi connectivity index (χ0) is 10.6. The van der Waals surface area contributed by atoms with Gasteiger partial charge in [0, 0.05) is 12.5 Å². The third-order valence-corrected chi connectivity index (χ3v) is 3.58. The van der Waals surface area contributed by atoms with Crippen molar-refractivity contribution in [2.24, 2.45) is 0 Å². The highest BCUT2D eigenvalue weighted by molar-refractivity contribution is 5.83.